The molecule has 298 valence electrons. The third-order valence-corrected chi connectivity index (χ3v) is 13.2. The van der Waals surface area contributed by atoms with E-state index in [1.165, 1.54) is 81.4 Å². The van der Waals surface area contributed by atoms with E-state index in [4.69, 9.17) is 0 Å². The van der Waals surface area contributed by atoms with Crippen molar-refractivity contribution in [1.29, 1.82) is 0 Å². The minimum absolute atomic E-state index is 0.00650. The normalized spacial score (nSPS) is 11.7. The SMILES string of the molecule is Cc1ccccc1-c1cc(N(c2ccccc2)c2cc(C(c3ccccc3)c3ccccc3)c3c(c2)sc2ccc(/C=C(/Cc4ccccc4)c4ccccc4)cc23)ccc1C. The van der Waals surface area contributed by atoms with Gasteiger partial charge in [0.15, 0.2) is 0 Å². The average Bonchev–Trinajstić information content (AvgIpc) is 3.69. The molecule has 0 bridgehead atoms. The fraction of sp³-hybridized carbons (Fsp3) is 0.0667. The molecule has 0 spiro atoms. The Morgan fingerprint density at radius 1 is 0.484 bits per heavy atom. The van der Waals surface area contributed by atoms with Crippen LogP contribution in [0, 0.1) is 13.8 Å². The second-order valence-corrected chi connectivity index (χ2v) is 17.3. The van der Waals surface area contributed by atoms with Gasteiger partial charge >= 0.3 is 0 Å². The highest BCUT2D eigenvalue weighted by Crippen LogP contribution is 2.48. The molecule has 0 aliphatic heterocycles. The Morgan fingerprint density at radius 2 is 1.08 bits per heavy atom. The van der Waals surface area contributed by atoms with Crippen LogP contribution in [0.5, 0.6) is 0 Å². The van der Waals surface area contributed by atoms with Crippen LogP contribution in [0.15, 0.2) is 224 Å². The van der Waals surface area contributed by atoms with Gasteiger partial charge in [0.25, 0.3) is 0 Å². The fourth-order valence-electron chi connectivity index (χ4n) is 9.07. The van der Waals surface area contributed by atoms with Crippen molar-refractivity contribution < 1.29 is 0 Å². The van der Waals surface area contributed by atoms with Gasteiger partial charge in [-0.1, -0.05) is 182 Å². The summed E-state index contributed by atoms with van der Waals surface area (Å²) in [5.41, 5.74) is 17.3. The minimum Gasteiger partial charge on any atom is -0.310 e. The molecule has 0 amide bonds. The molecule has 1 nitrogen and oxygen atoms in total. The van der Waals surface area contributed by atoms with Crippen LogP contribution in [0.1, 0.15) is 50.4 Å². The second-order valence-electron chi connectivity index (χ2n) is 16.2. The fourth-order valence-corrected chi connectivity index (χ4v) is 10.2. The summed E-state index contributed by atoms with van der Waals surface area (Å²) in [6, 6.07) is 82.2. The van der Waals surface area contributed by atoms with E-state index < -0.39 is 0 Å². The highest BCUT2D eigenvalue weighted by atomic mass is 32.1. The van der Waals surface area contributed by atoms with Crippen LogP contribution in [0.4, 0.5) is 17.1 Å². The average molecular weight is 814 g/mol. The van der Waals surface area contributed by atoms with Crippen molar-refractivity contribution in [3.8, 4) is 11.1 Å². The van der Waals surface area contributed by atoms with E-state index in [0.717, 1.165) is 23.5 Å². The molecule has 0 unspecified atom stereocenters. The van der Waals surface area contributed by atoms with Crippen LogP contribution in [-0.4, -0.2) is 0 Å². The van der Waals surface area contributed by atoms with E-state index in [9.17, 15) is 0 Å². The molecular formula is C60H47NS. The highest BCUT2D eigenvalue weighted by molar-refractivity contribution is 7.25. The van der Waals surface area contributed by atoms with Crippen LogP contribution in [0.2, 0.25) is 0 Å². The van der Waals surface area contributed by atoms with Crippen LogP contribution < -0.4 is 4.90 Å². The Kier molecular flexibility index (Phi) is 10.9. The molecule has 10 aromatic rings. The zero-order valence-corrected chi connectivity index (χ0v) is 35.9. The molecule has 2 heteroatoms. The van der Waals surface area contributed by atoms with Gasteiger partial charge in [0.2, 0.25) is 0 Å². The third kappa shape index (κ3) is 7.89. The molecule has 0 aliphatic carbocycles. The smallest absolute Gasteiger partial charge is 0.0479 e. The Bertz CT molecular complexity index is 3110. The number of hydrogen-bond acceptors (Lipinski definition) is 2. The molecule has 10 rings (SSSR count). The Balaban J connectivity index is 1.23. The molecule has 62 heavy (non-hydrogen) atoms. The lowest BCUT2D eigenvalue weighted by Crippen LogP contribution is -2.12. The van der Waals surface area contributed by atoms with Crippen molar-refractivity contribution >= 4 is 60.2 Å². The molecule has 0 atom stereocenters. The van der Waals surface area contributed by atoms with Crippen LogP contribution >= 0.6 is 11.3 Å². The highest BCUT2D eigenvalue weighted by Gasteiger charge is 2.25. The van der Waals surface area contributed by atoms with E-state index in [0.29, 0.717) is 0 Å². The van der Waals surface area contributed by atoms with Gasteiger partial charge in [0.05, 0.1) is 0 Å². The lowest BCUT2D eigenvalue weighted by Gasteiger charge is -2.29. The number of anilines is 3. The lowest BCUT2D eigenvalue weighted by molar-refractivity contribution is 0.989. The molecule has 0 N–H and O–H groups in total. The van der Waals surface area contributed by atoms with Crippen LogP contribution in [0.25, 0.3) is 42.9 Å². The number of hydrogen-bond donors (Lipinski definition) is 0. The van der Waals surface area contributed by atoms with Gasteiger partial charge in [0.1, 0.15) is 0 Å². The van der Waals surface area contributed by atoms with Gasteiger partial charge in [-0.2, -0.15) is 0 Å². The molecule has 0 saturated heterocycles. The predicted molar refractivity (Wildman–Crippen MR) is 267 cm³/mol. The lowest BCUT2D eigenvalue weighted by atomic mass is 9.82. The van der Waals surface area contributed by atoms with E-state index in [1.807, 2.05) is 11.3 Å². The summed E-state index contributed by atoms with van der Waals surface area (Å²) in [5.74, 6) is -0.00650. The number of benzene rings is 9. The predicted octanol–water partition coefficient (Wildman–Crippen LogP) is 16.8. The van der Waals surface area contributed by atoms with Gasteiger partial charge in [-0.25, -0.2) is 0 Å². The number of fused-ring (bicyclic) bond motifs is 3. The zero-order valence-electron chi connectivity index (χ0n) is 35.1. The van der Waals surface area contributed by atoms with Gasteiger partial charge in [0, 0.05) is 43.2 Å². The van der Waals surface area contributed by atoms with E-state index in [-0.39, 0.29) is 5.92 Å². The summed E-state index contributed by atoms with van der Waals surface area (Å²) < 4.78 is 2.55. The number of rotatable bonds is 11. The topological polar surface area (TPSA) is 3.24 Å². The summed E-state index contributed by atoms with van der Waals surface area (Å²) in [6.45, 7) is 4.43. The first kappa shape index (κ1) is 38.9. The summed E-state index contributed by atoms with van der Waals surface area (Å²) >= 11 is 1.89. The summed E-state index contributed by atoms with van der Waals surface area (Å²) in [5, 5.41) is 2.59. The van der Waals surface area contributed by atoms with E-state index in [2.05, 4.69) is 249 Å². The quantitative estimate of drug-likeness (QED) is 0.0929. The Labute approximate surface area is 369 Å². The first-order valence-corrected chi connectivity index (χ1v) is 22.3. The van der Waals surface area contributed by atoms with Gasteiger partial charge in [-0.05, 0) is 130 Å². The van der Waals surface area contributed by atoms with Crippen molar-refractivity contribution in [3.05, 3.63) is 269 Å². The first-order chi connectivity index (χ1) is 30.6. The first-order valence-electron chi connectivity index (χ1n) is 21.5. The monoisotopic (exact) mass is 813 g/mol. The van der Waals surface area contributed by atoms with Gasteiger partial charge < -0.3 is 4.90 Å². The maximum atomic E-state index is 2.48. The molecule has 1 aromatic heterocycles. The van der Waals surface area contributed by atoms with E-state index in [1.54, 1.807) is 0 Å². The number of allylic oxidation sites excluding steroid dienone is 1. The maximum absolute atomic E-state index is 2.48. The second kappa shape index (κ2) is 17.4. The number of thiophene rings is 1. The number of para-hydroxylation sites is 1. The summed E-state index contributed by atoms with van der Waals surface area (Å²) in [7, 11) is 0. The molecule has 1 heterocycles. The van der Waals surface area contributed by atoms with Crippen molar-refractivity contribution in [2.75, 3.05) is 4.90 Å². The van der Waals surface area contributed by atoms with E-state index >= 15 is 0 Å². The standard InChI is InChI=1S/C60H47NS/c1-42-20-18-19-31-53(42)54-39-51(34-32-43(54)2)61(50-29-16-7-17-30-50)52-40-56(59(47-25-12-5-13-26-47)48-27-14-6-15-28-48)60-55-38-45(33-35-57(55)62-58(60)41-52)37-49(46-23-10-4-11-24-46)36-44-21-8-3-9-22-44/h3-35,37-41,59H,36H2,1-2H3/b49-37-. The van der Waals surface area contributed by atoms with Crippen LogP contribution in [0.3, 0.4) is 0 Å². The van der Waals surface area contributed by atoms with Crippen molar-refractivity contribution in [2.45, 2.75) is 26.2 Å². The summed E-state index contributed by atoms with van der Waals surface area (Å²) in [6.07, 6.45) is 3.25. The van der Waals surface area contributed by atoms with Crippen molar-refractivity contribution in [1.82, 2.24) is 0 Å². The summed E-state index contributed by atoms with van der Waals surface area (Å²) in [4.78, 5) is 2.45. The zero-order chi connectivity index (χ0) is 41.8. The molecular weight excluding hydrogens is 767 g/mol. The molecule has 0 fully saturated rings. The van der Waals surface area contributed by atoms with Crippen molar-refractivity contribution in [3.63, 3.8) is 0 Å². The number of aryl methyl sites for hydroxylation is 2. The maximum Gasteiger partial charge on any atom is 0.0479 e. The molecule has 0 saturated carbocycles. The Morgan fingerprint density at radius 3 is 1.76 bits per heavy atom. The van der Waals surface area contributed by atoms with Crippen LogP contribution in [-0.2, 0) is 6.42 Å². The number of nitrogens with zero attached hydrogens (tertiary/aromatic N) is 1. The molecule has 0 radical (unpaired) electrons. The van der Waals surface area contributed by atoms with Gasteiger partial charge in [-0.3, -0.25) is 0 Å². The molecule has 0 aliphatic rings. The van der Waals surface area contributed by atoms with Crippen molar-refractivity contribution in [2.24, 2.45) is 0 Å². The third-order valence-electron chi connectivity index (χ3n) is 12.1. The Hall–Kier alpha value is -7.26. The minimum atomic E-state index is -0.00650. The largest absolute Gasteiger partial charge is 0.310 e. The van der Waals surface area contributed by atoms with Gasteiger partial charge in [-0.15, -0.1) is 11.3 Å². The molecule has 9 aromatic carbocycles.